The van der Waals surface area contributed by atoms with Crippen LogP contribution in [0.25, 0.3) is 11.4 Å². The van der Waals surface area contributed by atoms with Crippen molar-refractivity contribution in [2.75, 3.05) is 19.0 Å². The summed E-state index contributed by atoms with van der Waals surface area (Å²) < 4.78 is 10.8. The largest absolute Gasteiger partial charge is 0.495 e. The van der Waals surface area contributed by atoms with Crippen LogP contribution in [0.3, 0.4) is 0 Å². The molecule has 28 heavy (non-hydrogen) atoms. The zero-order valence-corrected chi connectivity index (χ0v) is 15.9. The van der Waals surface area contributed by atoms with Crippen LogP contribution in [0.1, 0.15) is 30.3 Å². The molecule has 2 amide bonds. The highest BCUT2D eigenvalue weighted by Gasteiger charge is 2.34. The summed E-state index contributed by atoms with van der Waals surface area (Å²) in [6.45, 7) is 2.64. The Morgan fingerprint density at radius 1 is 1.21 bits per heavy atom. The van der Waals surface area contributed by atoms with Crippen LogP contribution in [-0.2, 0) is 0 Å². The Morgan fingerprint density at radius 3 is 2.82 bits per heavy atom. The van der Waals surface area contributed by atoms with E-state index in [1.807, 2.05) is 55.5 Å². The minimum Gasteiger partial charge on any atom is -0.495 e. The quantitative estimate of drug-likeness (QED) is 0.727. The van der Waals surface area contributed by atoms with Gasteiger partial charge in [-0.1, -0.05) is 41.6 Å². The second-order valence-electron chi connectivity index (χ2n) is 6.75. The summed E-state index contributed by atoms with van der Waals surface area (Å²) >= 11 is 0. The number of para-hydroxylation sites is 2. The fourth-order valence-electron chi connectivity index (χ4n) is 3.51. The molecular formula is C21H22N4O3. The number of anilines is 1. The van der Waals surface area contributed by atoms with Crippen molar-refractivity contribution < 1.29 is 14.1 Å². The van der Waals surface area contributed by atoms with Gasteiger partial charge in [0, 0.05) is 12.1 Å². The Bertz CT molecular complexity index is 985. The SMILES string of the molecule is COc1ccccc1NC(=O)N1CCCC1c1nc(-c2ccccc2C)no1. The molecule has 1 fully saturated rings. The molecule has 7 heteroatoms. The average molecular weight is 378 g/mol. The lowest BCUT2D eigenvalue weighted by Crippen LogP contribution is -2.34. The maximum Gasteiger partial charge on any atom is 0.322 e. The number of hydrogen-bond acceptors (Lipinski definition) is 5. The minimum absolute atomic E-state index is 0.206. The van der Waals surface area contributed by atoms with E-state index in [4.69, 9.17) is 9.26 Å². The topological polar surface area (TPSA) is 80.5 Å². The number of methoxy groups -OCH3 is 1. The van der Waals surface area contributed by atoms with E-state index in [9.17, 15) is 4.79 Å². The normalized spacial score (nSPS) is 16.2. The molecule has 1 unspecified atom stereocenters. The summed E-state index contributed by atoms with van der Waals surface area (Å²) in [6.07, 6.45) is 1.67. The van der Waals surface area contributed by atoms with E-state index in [2.05, 4.69) is 15.5 Å². The Balaban J connectivity index is 1.54. The predicted octanol–water partition coefficient (Wildman–Crippen LogP) is 4.42. The van der Waals surface area contributed by atoms with Gasteiger partial charge in [-0.2, -0.15) is 4.98 Å². The van der Waals surface area contributed by atoms with Gasteiger partial charge in [-0.3, -0.25) is 0 Å². The minimum atomic E-state index is -0.236. The lowest BCUT2D eigenvalue weighted by atomic mass is 10.1. The molecule has 2 heterocycles. The van der Waals surface area contributed by atoms with Gasteiger partial charge in [0.25, 0.3) is 0 Å². The molecule has 1 saturated heterocycles. The van der Waals surface area contributed by atoms with Gasteiger partial charge < -0.3 is 19.5 Å². The number of benzene rings is 2. The van der Waals surface area contributed by atoms with E-state index < -0.39 is 0 Å². The summed E-state index contributed by atoms with van der Waals surface area (Å²) in [5.74, 6) is 1.63. The van der Waals surface area contributed by atoms with E-state index in [0.717, 1.165) is 24.0 Å². The molecule has 0 saturated carbocycles. The van der Waals surface area contributed by atoms with Gasteiger partial charge in [0.2, 0.25) is 11.7 Å². The molecule has 4 rings (SSSR count). The van der Waals surface area contributed by atoms with Crippen LogP contribution in [0.2, 0.25) is 0 Å². The maximum atomic E-state index is 12.9. The molecule has 7 nitrogen and oxygen atoms in total. The molecule has 3 aromatic rings. The number of carbonyl (C=O) groups is 1. The van der Waals surface area contributed by atoms with Gasteiger partial charge in [-0.25, -0.2) is 4.79 Å². The number of nitrogens with zero attached hydrogens (tertiary/aromatic N) is 3. The van der Waals surface area contributed by atoms with Crippen LogP contribution in [-0.4, -0.2) is 34.7 Å². The Labute approximate surface area is 163 Å². The van der Waals surface area contributed by atoms with Crippen LogP contribution < -0.4 is 10.1 Å². The third-order valence-electron chi connectivity index (χ3n) is 4.98. The molecule has 1 aliphatic rings. The summed E-state index contributed by atoms with van der Waals surface area (Å²) in [5, 5.41) is 7.06. The van der Waals surface area contributed by atoms with Crippen LogP contribution in [0.5, 0.6) is 5.75 Å². The second-order valence-corrected chi connectivity index (χ2v) is 6.75. The number of likely N-dealkylation sites (tertiary alicyclic amines) is 1. The Hall–Kier alpha value is -3.35. The van der Waals surface area contributed by atoms with E-state index >= 15 is 0 Å². The summed E-state index contributed by atoms with van der Waals surface area (Å²) in [6, 6.07) is 14.8. The fraction of sp³-hybridized carbons (Fsp3) is 0.286. The number of ether oxygens (including phenoxy) is 1. The first kappa shape index (κ1) is 18.0. The van der Waals surface area contributed by atoms with Crippen molar-refractivity contribution in [3.05, 3.63) is 60.0 Å². The lowest BCUT2D eigenvalue weighted by molar-refractivity contribution is 0.193. The molecule has 0 bridgehead atoms. The van der Waals surface area contributed by atoms with Crippen molar-refractivity contribution >= 4 is 11.7 Å². The van der Waals surface area contributed by atoms with Gasteiger partial charge in [0.15, 0.2) is 0 Å². The van der Waals surface area contributed by atoms with E-state index in [1.165, 1.54) is 0 Å². The Morgan fingerprint density at radius 2 is 2.00 bits per heavy atom. The first-order chi connectivity index (χ1) is 13.7. The van der Waals surface area contributed by atoms with Crippen molar-refractivity contribution in [3.8, 4) is 17.1 Å². The van der Waals surface area contributed by atoms with Crippen LogP contribution in [0.15, 0.2) is 53.1 Å². The van der Waals surface area contributed by atoms with Gasteiger partial charge in [0.05, 0.1) is 12.8 Å². The smallest absolute Gasteiger partial charge is 0.322 e. The van der Waals surface area contributed by atoms with Crippen molar-refractivity contribution in [3.63, 3.8) is 0 Å². The van der Waals surface area contributed by atoms with Crippen LogP contribution in [0.4, 0.5) is 10.5 Å². The fourth-order valence-corrected chi connectivity index (χ4v) is 3.51. The molecule has 1 aliphatic heterocycles. The summed E-state index contributed by atoms with van der Waals surface area (Å²) in [7, 11) is 1.58. The van der Waals surface area contributed by atoms with Crippen molar-refractivity contribution in [1.29, 1.82) is 0 Å². The first-order valence-corrected chi connectivity index (χ1v) is 9.27. The third-order valence-corrected chi connectivity index (χ3v) is 4.98. The number of urea groups is 1. The summed E-state index contributed by atoms with van der Waals surface area (Å²) in [4.78, 5) is 19.2. The number of amides is 2. The average Bonchev–Trinajstić information content (AvgIpc) is 3.38. The zero-order chi connectivity index (χ0) is 19.5. The van der Waals surface area contributed by atoms with Gasteiger partial charge in [0.1, 0.15) is 11.8 Å². The van der Waals surface area contributed by atoms with Crippen molar-refractivity contribution in [2.24, 2.45) is 0 Å². The number of rotatable bonds is 4. The second kappa shape index (κ2) is 7.72. The lowest BCUT2D eigenvalue weighted by Gasteiger charge is -2.22. The highest BCUT2D eigenvalue weighted by Crippen LogP contribution is 2.33. The van der Waals surface area contributed by atoms with Gasteiger partial charge in [-0.05, 0) is 37.5 Å². The molecule has 144 valence electrons. The molecular weight excluding hydrogens is 356 g/mol. The number of hydrogen-bond donors (Lipinski definition) is 1. The van der Waals surface area contributed by atoms with Crippen LogP contribution in [0, 0.1) is 6.92 Å². The maximum absolute atomic E-state index is 12.9. The molecule has 1 N–H and O–H groups in total. The van der Waals surface area contributed by atoms with Gasteiger partial charge in [-0.15, -0.1) is 0 Å². The summed E-state index contributed by atoms with van der Waals surface area (Å²) in [5.41, 5.74) is 2.64. The van der Waals surface area contributed by atoms with E-state index in [1.54, 1.807) is 12.0 Å². The molecule has 2 aromatic carbocycles. The third kappa shape index (κ3) is 3.43. The van der Waals surface area contributed by atoms with E-state index in [0.29, 0.717) is 29.7 Å². The van der Waals surface area contributed by atoms with E-state index in [-0.39, 0.29) is 12.1 Å². The van der Waals surface area contributed by atoms with Crippen molar-refractivity contribution in [1.82, 2.24) is 15.0 Å². The monoisotopic (exact) mass is 378 g/mol. The predicted molar refractivity (Wildman–Crippen MR) is 105 cm³/mol. The molecule has 0 spiro atoms. The number of aromatic nitrogens is 2. The number of aryl methyl sites for hydroxylation is 1. The molecule has 1 atom stereocenters. The molecule has 0 radical (unpaired) electrons. The van der Waals surface area contributed by atoms with Crippen LogP contribution >= 0.6 is 0 Å². The standard InChI is InChI=1S/C21H22N4O3/c1-14-8-3-4-9-15(14)19-23-20(28-24-19)17-11-7-13-25(17)21(26)22-16-10-5-6-12-18(16)27-2/h3-6,8-10,12,17H,7,11,13H2,1-2H3,(H,22,26). The molecule has 1 aromatic heterocycles. The number of carbonyl (C=O) groups excluding carboxylic acids is 1. The first-order valence-electron chi connectivity index (χ1n) is 9.27. The number of nitrogens with one attached hydrogen (secondary N) is 1. The Kier molecular flexibility index (Phi) is 4.97. The zero-order valence-electron chi connectivity index (χ0n) is 15.9. The highest BCUT2D eigenvalue weighted by atomic mass is 16.5. The molecule has 0 aliphatic carbocycles. The van der Waals surface area contributed by atoms with Gasteiger partial charge >= 0.3 is 6.03 Å². The highest BCUT2D eigenvalue weighted by molar-refractivity contribution is 5.91. The van der Waals surface area contributed by atoms with Crippen molar-refractivity contribution in [2.45, 2.75) is 25.8 Å².